The largest absolute Gasteiger partial charge is 0.384 e. The summed E-state index contributed by atoms with van der Waals surface area (Å²) in [6.45, 7) is 7.83. The first-order chi connectivity index (χ1) is 9.60. The number of pyridine rings is 1. The fourth-order valence-corrected chi connectivity index (χ4v) is 2.54. The number of nitrogens with zero attached hydrogens (tertiary/aromatic N) is 1. The molecule has 1 aromatic rings. The molecule has 1 aliphatic rings. The van der Waals surface area contributed by atoms with Gasteiger partial charge in [0.05, 0.1) is 17.0 Å². The zero-order valence-corrected chi connectivity index (χ0v) is 13.2. The summed E-state index contributed by atoms with van der Waals surface area (Å²) in [5.41, 5.74) is 7.35. The molecule has 4 nitrogen and oxygen atoms in total. The van der Waals surface area contributed by atoms with Crippen molar-refractivity contribution in [2.45, 2.75) is 52.6 Å². The smallest absolute Gasteiger partial charge is 0.250 e. The van der Waals surface area contributed by atoms with Crippen molar-refractivity contribution < 1.29 is 9.90 Å². The molecule has 1 heterocycles. The highest BCUT2D eigenvalue weighted by atomic mass is 16.3. The summed E-state index contributed by atoms with van der Waals surface area (Å²) in [6.07, 6.45) is 5.02. The van der Waals surface area contributed by atoms with Crippen molar-refractivity contribution in [3.05, 3.63) is 35.2 Å². The minimum Gasteiger partial charge on any atom is -0.384 e. The first kappa shape index (κ1) is 15.7. The third-order valence-corrected chi connectivity index (χ3v) is 4.06. The second kappa shape index (κ2) is 5.26. The zero-order valence-electron chi connectivity index (χ0n) is 13.2. The van der Waals surface area contributed by atoms with E-state index in [1.165, 1.54) is 0 Å². The van der Waals surface area contributed by atoms with Gasteiger partial charge in [0.2, 0.25) is 0 Å². The molecule has 3 N–H and O–H groups in total. The van der Waals surface area contributed by atoms with Crippen molar-refractivity contribution in [3.8, 4) is 0 Å². The van der Waals surface area contributed by atoms with Crippen molar-refractivity contribution in [1.29, 1.82) is 0 Å². The van der Waals surface area contributed by atoms with Gasteiger partial charge in [-0.3, -0.25) is 4.79 Å². The number of allylic oxidation sites excluding steroid dienone is 2. The molecule has 4 heteroatoms. The highest BCUT2D eigenvalue weighted by Crippen LogP contribution is 2.38. The number of hydrogen-bond donors (Lipinski definition) is 2. The van der Waals surface area contributed by atoms with Crippen LogP contribution in [0.3, 0.4) is 0 Å². The summed E-state index contributed by atoms with van der Waals surface area (Å²) in [5, 5.41) is 10.1. The molecule has 0 saturated carbocycles. The lowest BCUT2D eigenvalue weighted by Crippen LogP contribution is -2.22. The summed E-state index contributed by atoms with van der Waals surface area (Å²) >= 11 is 0. The van der Waals surface area contributed by atoms with Crippen molar-refractivity contribution in [1.82, 2.24) is 4.98 Å². The lowest BCUT2D eigenvalue weighted by Gasteiger charge is -2.29. The molecule has 1 aromatic heterocycles. The minimum atomic E-state index is -1.04. The Morgan fingerprint density at radius 2 is 2.05 bits per heavy atom. The molecule has 2 rings (SSSR count). The normalized spacial score (nSPS) is 18.2. The lowest BCUT2D eigenvalue weighted by atomic mass is 9.77. The van der Waals surface area contributed by atoms with Crippen LogP contribution in [0.25, 0.3) is 5.57 Å². The van der Waals surface area contributed by atoms with Gasteiger partial charge in [-0.25, -0.2) is 4.98 Å². The van der Waals surface area contributed by atoms with E-state index in [-0.39, 0.29) is 5.41 Å². The van der Waals surface area contributed by atoms with Crippen LogP contribution in [-0.2, 0) is 5.60 Å². The Balaban J connectivity index is 2.50. The first-order valence-corrected chi connectivity index (χ1v) is 7.33. The Hall–Kier alpha value is -1.68. The maximum Gasteiger partial charge on any atom is 0.250 e. The van der Waals surface area contributed by atoms with Gasteiger partial charge in [-0.05, 0) is 56.2 Å². The molecular weight excluding hydrogens is 264 g/mol. The summed E-state index contributed by atoms with van der Waals surface area (Å²) in [5.74, 6) is -0.481. The Morgan fingerprint density at radius 3 is 2.52 bits per heavy atom. The number of aromatic nitrogens is 1. The number of nitrogens with two attached hydrogens (primary N) is 1. The van der Waals surface area contributed by atoms with Crippen LogP contribution in [0, 0.1) is 5.41 Å². The average Bonchev–Trinajstić information content (AvgIpc) is 2.37. The highest BCUT2D eigenvalue weighted by Gasteiger charge is 2.26. The summed E-state index contributed by atoms with van der Waals surface area (Å²) in [6, 6.07) is 3.33. The molecule has 0 bridgehead atoms. The number of aliphatic hydroxyl groups is 1. The second-order valence-electron chi connectivity index (χ2n) is 7.11. The van der Waals surface area contributed by atoms with Crippen molar-refractivity contribution >= 4 is 11.5 Å². The maximum absolute atomic E-state index is 11.6. The van der Waals surface area contributed by atoms with Gasteiger partial charge in [-0.15, -0.1) is 0 Å². The fraction of sp³-hybridized carbons (Fsp3) is 0.529. The number of rotatable bonds is 3. The number of amides is 1. The topological polar surface area (TPSA) is 76.2 Å². The average molecular weight is 288 g/mol. The van der Waals surface area contributed by atoms with E-state index >= 15 is 0 Å². The fourth-order valence-electron chi connectivity index (χ4n) is 2.54. The van der Waals surface area contributed by atoms with Gasteiger partial charge in [0.15, 0.2) is 0 Å². The molecule has 0 aromatic carbocycles. The van der Waals surface area contributed by atoms with Gasteiger partial charge in [0, 0.05) is 0 Å². The molecule has 0 fully saturated rings. The SMILES string of the molecule is CC1(C)CC=C(c2nc(C(C)(C)O)ccc2C(N)=O)CC1. The van der Waals surface area contributed by atoms with Crippen LogP contribution in [0.1, 0.15) is 68.7 Å². The van der Waals surface area contributed by atoms with Gasteiger partial charge in [-0.1, -0.05) is 19.9 Å². The van der Waals surface area contributed by atoms with E-state index in [0.717, 1.165) is 24.8 Å². The van der Waals surface area contributed by atoms with Crippen molar-refractivity contribution in [2.24, 2.45) is 11.1 Å². The Labute approximate surface area is 126 Å². The van der Waals surface area contributed by atoms with E-state index in [1.807, 2.05) is 0 Å². The predicted molar refractivity (Wildman–Crippen MR) is 83.6 cm³/mol. The molecule has 0 radical (unpaired) electrons. The quantitative estimate of drug-likeness (QED) is 0.897. The van der Waals surface area contributed by atoms with Crippen molar-refractivity contribution in [3.63, 3.8) is 0 Å². The third kappa shape index (κ3) is 3.50. The zero-order chi connectivity index (χ0) is 15.8. The Morgan fingerprint density at radius 1 is 1.38 bits per heavy atom. The maximum atomic E-state index is 11.6. The van der Waals surface area contributed by atoms with Crippen LogP contribution in [0.4, 0.5) is 0 Å². The van der Waals surface area contributed by atoms with Gasteiger partial charge >= 0.3 is 0 Å². The van der Waals surface area contributed by atoms with E-state index < -0.39 is 11.5 Å². The molecule has 21 heavy (non-hydrogen) atoms. The molecular formula is C17H24N2O2. The van der Waals surface area contributed by atoms with E-state index in [2.05, 4.69) is 24.9 Å². The highest BCUT2D eigenvalue weighted by molar-refractivity contribution is 5.97. The molecule has 1 amide bonds. The van der Waals surface area contributed by atoms with E-state index in [4.69, 9.17) is 5.73 Å². The molecule has 0 atom stereocenters. The first-order valence-electron chi connectivity index (χ1n) is 7.33. The minimum absolute atomic E-state index is 0.282. The van der Waals surface area contributed by atoms with Crippen LogP contribution in [0.5, 0.6) is 0 Å². The summed E-state index contributed by atoms with van der Waals surface area (Å²) in [7, 11) is 0. The molecule has 0 unspecified atom stereocenters. The van der Waals surface area contributed by atoms with E-state index in [0.29, 0.717) is 17.0 Å². The Kier molecular flexibility index (Phi) is 3.93. The molecule has 0 aliphatic heterocycles. The molecule has 0 saturated heterocycles. The monoisotopic (exact) mass is 288 g/mol. The Bertz CT molecular complexity index is 595. The van der Waals surface area contributed by atoms with E-state index in [1.54, 1.807) is 26.0 Å². The second-order valence-corrected chi connectivity index (χ2v) is 7.11. The lowest BCUT2D eigenvalue weighted by molar-refractivity contribution is 0.0736. The molecule has 114 valence electrons. The van der Waals surface area contributed by atoms with Gasteiger partial charge in [0.1, 0.15) is 5.60 Å². The summed E-state index contributed by atoms with van der Waals surface area (Å²) < 4.78 is 0. The van der Waals surface area contributed by atoms with Crippen LogP contribution < -0.4 is 5.73 Å². The number of primary amides is 1. The van der Waals surface area contributed by atoms with Crippen LogP contribution >= 0.6 is 0 Å². The molecule has 1 aliphatic carbocycles. The standard InChI is InChI=1S/C17H24N2O2/c1-16(2)9-7-11(8-10-16)14-12(15(18)20)5-6-13(19-14)17(3,4)21/h5-7,21H,8-10H2,1-4H3,(H2,18,20). The van der Waals surface area contributed by atoms with Crippen LogP contribution in [0.15, 0.2) is 18.2 Å². The summed E-state index contributed by atoms with van der Waals surface area (Å²) in [4.78, 5) is 16.2. The predicted octanol–water partition coefficient (Wildman–Crippen LogP) is 3.00. The molecule has 0 spiro atoms. The third-order valence-electron chi connectivity index (χ3n) is 4.06. The van der Waals surface area contributed by atoms with Crippen LogP contribution in [-0.4, -0.2) is 16.0 Å². The number of carbonyl (C=O) groups excluding carboxylic acids is 1. The van der Waals surface area contributed by atoms with Crippen LogP contribution in [0.2, 0.25) is 0 Å². The van der Waals surface area contributed by atoms with Gasteiger partial charge in [0.25, 0.3) is 5.91 Å². The number of carbonyl (C=O) groups is 1. The number of hydrogen-bond acceptors (Lipinski definition) is 3. The van der Waals surface area contributed by atoms with Gasteiger partial charge < -0.3 is 10.8 Å². The van der Waals surface area contributed by atoms with Crippen molar-refractivity contribution in [2.75, 3.05) is 0 Å². The van der Waals surface area contributed by atoms with Gasteiger partial charge in [-0.2, -0.15) is 0 Å². The van der Waals surface area contributed by atoms with E-state index in [9.17, 15) is 9.90 Å².